The molecular formula is C21H24N2O2. The van der Waals surface area contributed by atoms with Crippen molar-refractivity contribution in [3.8, 4) is 0 Å². The van der Waals surface area contributed by atoms with Crippen molar-refractivity contribution >= 4 is 16.8 Å². The molecule has 6 aliphatic rings. The minimum atomic E-state index is -0.864. The van der Waals surface area contributed by atoms with Gasteiger partial charge in [0.1, 0.15) is 6.10 Å². The average Bonchev–Trinajstić information content (AvgIpc) is 2.71. The van der Waals surface area contributed by atoms with Gasteiger partial charge in [-0.2, -0.15) is 0 Å². The summed E-state index contributed by atoms with van der Waals surface area (Å²) in [6, 6.07) is 8.80. The van der Waals surface area contributed by atoms with Gasteiger partial charge in [0, 0.05) is 22.5 Å². The Balaban J connectivity index is 1.81. The molecule has 6 atom stereocenters. The summed E-state index contributed by atoms with van der Waals surface area (Å²) >= 11 is 0. The van der Waals surface area contributed by atoms with Crippen molar-refractivity contribution < 1.29 is 9.90 Å². The number of aliphatic hydroxyl groups is 1. The number of para-hydroxylation sites is 1. The van der Waals surface area contributed by atoms with Crippen LogP contribution in [0.1, 0.15) is 54.7 Å². The van der Waals surface area contributed by atoms with Gasteiger partial charge in [-0.1, -0.05) is 31.5 Å². The van der Waals surface area contributed by atoms with Gasteiger partial charge in [-0.25, -0.2) is 0 Å². The number of nitrogens with zero attached hydrogens (tertiary/aromatic N) is 2. The summed E-state index contributed by atoms with van der Waals surface area (Å²) in [4.78, 5) is 15.6. The molecule has 1 aromatic carbocycles. The molecule has 3 fully saturated rings. The van der Waals surface area contributed by atoms with Gasteiger partial charge in [-0.15, -0.1) is 0 Å². The molecule has 0 amide bonds. The minimum Gasteiger partial charge on any atom is -0.383 e. The van der Waals surface area contributed by atoms with Gasteiger partial charge in [-0.05, 0) is 55.8 Å². The van der Waals surface area contributed by atoms with E-state index in [-0.39, 0.29) is 11.3 Å². The maximum absolute atomic E-state index is 13.0. The molecular weight excluding hydrogens is 312 g/mol. The fourth-order valence-corrected chi connectivity index (χ4v) is 7.03. The first-order valence-corrected chi connectivity index (χ1v) is 9.77. The molecule has 8 rings (SSSR count). The maximum atomic E-state index is 13.0. The number of hydrogen-bond donors (Lipinski definition) is 1. The third-order valence-corrected chi connectivity index (χ3v) is 7.81. The largest absolute Gasteiger partial charge is 0.383 e. The van der Waals surface area contributed by atoms with Crippen LogP contribution < -0.4 is 0 Å². The Morgan fingerprint density at radius 3 is 2.96 bits per heavy atom. The highest BCUT2D eigenvalue weighted by Gasteiger charge is 2.62. The summed E-state index contributed by atoms with van der Waals surface area (Å²) in [6.45, 7) is 4.58. The van der Waals surface area contributed by atoms with Crippen LogP contribution in [-0.2, 0) is 5.41 Å². The Labute approximate surface area is 147 Å². The summed E-state index contributed by atoms with van der Waals surface area (Å²) in [5.74, 6) is 1.12. The summed E-state index contributed by atoms with van der Waals surface area (Å²) in [7, 11) is 0. The summed E-state index contributed by atoms with van der Waals surface area (Å²) in [5.41, 5.74) is 3.66. The molecule has 130 valence electrons. The quantitative estimate of drug-likeness (QED) is 0.870. The Morgan fingerprint density at radius 2 is 2.12 bits per heavy atom. The number of hydrogen-bond acceptors (Lipinski definition) is 3. The number of rotatable bonds is 1. The standard InChI is InChI=1S/C21H24N2O2/c1-2-12-14-7-9-22-10-8-21(14)11-16(24)20(25)23-15-6-4-3-5-13(15)17(18(12)22)19(21)23/h3-6,12,14,16,18,24H,2,7-11H2,1H3/t12-,14+,16-,18+,21?/m0/s1. The van der Waals surface area contributed by atoms with Gasteiger partial charge in [0.2, 0.25) is 0 Å². The SMILES string of the molecule is CC[C@H]1[C@H]2CCN3CCC24C[C@H](O)C(=O)n2c4c(c4ccccc42)[C@@H]13. The second-order valence-corrected chi connectivity index (χ2v) is 8.53. The van der Waals surface area contributed by atoms with Crippen LogP contribution in [0.2, 0.25) is 0 Å². The highest BCUT2D eigenvalue weighted by atomic mass is 16.3. The lowest BCUT2D eigenvalue weighted by Crippen LogP contribution is -2.55. The lowest BCUT2D eigenvalue weighted by Gasteiger charge is -2.55. The zero-order chi connectivity index (χ0) is 16.9. The number of benzene rings is 1. The van der Waals surface area contributed by atoms with Gasteiger partial charge in [0.15, 0.2) is 0 Å². The van der Waals surface area contributed by atoms with E-state index in [9.17, 15) is 9.90 Å². The molecule has 2 aromatic rings. The van der Waals surface area contributed by atoms with Gasteiger partial charge in [0.05, 0.1) is 5.52 Å². The molecule has 0 radical (unpaired) electrons. The smallest absolute Gasteiger partial charge is 0.260 e. The van der Waals surface area contributed by atoms with Crippen LogP contribution in [0.3, 0.4) is 0 Å². The van der Waals surface area contributed by atoms with Gasteiger partial charge < -0.3 is 5.11 Å². The van der Waals surface area contributed by atoms with E-state index in [0.29, 0.717) is 24.3 Å². The highest BCUT2D eigenvalue weighted by Crippen LogP contribution is 2.64. The Hall–Kier alpha value is -1.65. The van der Waals surface area contributed by atoms with Crippen LogP contribution >= 0.6 is 0 Å². The van der Waals surface area contributed by atoms with Crippen molar-refractivity contribution in [1.29, 1.82) is 0 Å². The predicted octanol–water partition coefficient (Wildman–Crippen LogP) is 3.09. The molecule has 6 heterocycles. The molecule has 0 saturated carbocycles. The molecule has 2 unspecified atom stereocenters. The zero-order valence-electron chi connectivity index (χ0n) is 14.6. The topological polar surface area (TPSA) is 45.5 Å². The molecule has 5 aliphatic heterocycles. The second kappa shape index (κ2) is 4.54. The summed E-state index contributed by atoms with van der Waals surface area (Å²) < 4.78 is 1.92. The first-order chi connectivity index (χ1) is 12.2. The van der Waals surface area contributed by atoms with Crippen molar-refractivity contribution in [2.24, 2.45) is 11.8 Å². The van der Waals surface area contributed by atoms with Crippen molar-refractivity contribution in [3.63, 3.8) is 0 Å². The van der Waals surface area contributed by atoms with Crippen LogP contribution in [0.4, 0.5) is 0 Å². The van der Waals surface area contributed by atoms with E-state index in [1.54, 1.807) is 0 Å². The number of aromatic nitrogens is 1. The molecule has 4 nitrogen and oxygen atoms in total. The summed E-state index contributed by atoms with van der Waals surface area (Å²) in [6.07, 6.45) is 3.22. The number of fused-ring (bicyclic) bond motifs is 3. The molecule has 3 saturated heterocycles. The number of aliphatic hydroxyl groups excluding tert-OH is 1. The van der Waals surface area contributed by atoms with Crippen molar-refractivity contribution in [2.45, 2.75) is 50.2 Å². The Morgan fingerprint density at radius 1 is 1.28 bits per heavy atom. The average molecular weight is 336 g/mol. The molecule has 1 spiro atoms. The molecule has 4 bridgehead atoms. The molecule has 1 aromatic heterocycles. The van der Waals surface area contributed by atoms with E-state index in [0.717, 1.165) is 25.0 Å². The predicted molar refractivity (Wildman–Crippen MR) is 95.7 cm³/mol. The minimum absolute atomic E-state index is 0.0237. The van der Waals surface area contributed by atoms with E-state index in [1.807, 2.05) is 10.6 Å². The first-order valence-electron chi connectivity index (χ1n) is 9.77. The normalized spacial score (nSPS) is 41.2. The number of carbonyl (C=O) groups excluding carboxylic acids is 1. The van der Waals surface area contributed by atoms with Crippen molar-refractivity contribution in [3.05, 3.63) is 35.5 Å². The van der Waals surface area contributed by atoms with Crippen LogP contribution in [0.25, 0.3) is 10.9 Å². The van der Waals surface area contributed by atoms with Gasteiger partial charge in [0.25, 0.3) is 5.91 Å². The van der Waals surface area contributed by atoms with E-state index < -0.39 is 6.10 Å². The van der Waals surface area contributed by atoms with Crippen LogP contribution in [-0.4, -0.2) is 39.7 Å². The Kier molecular flexibility index (Phi) is 2.64. The van der Waals surface area contributed by atoms with E-state index in [2.05, 4.69) is 30.0 Å². The third-order valence-electron chi connectivity index (χ3n) is 7.81. The molecule has 4 heteroatoms. The van der Waals surface area contributed by atoms with E-state index >= 15 is 0 Å². The molecule has 1 N–H and O–H groups in total. The van der Waals surface area contributed by atoms with Crippen LogP contribution in [0.15, 0.2) is 24.3 Å². The third kappa shape index (κ3) is 1.47. The number of piperidine rings is 1. The van der Waals surface area contributed by atoms with Gasteiger partial charge in [-0.3, -0.25) is 14.3 Å². The molecule has 1 aliphatic carbocycles. The summed E-state index contributed by atoms with van der Waals surface area (Å²) in [5, 5.41) is 12.0. The van der Waals surface area contributed by atoms with Gasteiger partial charge >= 0.3 is 0 Å². The highest BCUT2D eigenvalue weighted by molar-refractivity contribution is 6.00. The zero-order valence-corrected chi connectivity index (χ0v) is 14.6. The monoisotopic (exact) mass is 336 g/mol. The Bertz CT molecular complexity index is 916. The van der Waals surface area contributed by atoms with E-state index in [4.69, 9.17) is 0 Å². The lowest BCUT2D eigenvalue weighted by molar-refractivity contribution is 0.00135. The molecule has 25 heavy (non-hydrogen) atoms. The maximum Gasteiger partial charge on any atom is 0.260 e. The number of carbonyl (C=O) groups is 1. The van der Waals surface area contributed by atoms with Crippen LogP contribution in [0.5, 0.6) is 0 Å². The first kappa shape index (κ1) is 14.5. The second-order valence-electron chi connectivity index (χ2n) is 8.53. The van der Waals surface area contributed by atoms with Crippen molar-refractivity contribution in [1.82, 2.24) is 9.47 Å². The van der Waals surface area contributed by atoms with Crippen molar-refractivity contribution in [2.75, 3.05) is 13.1 Å². The fourth-order valence-electron chi connectivity index (χ4n) is 7.03. The lowest BCUT2D eigenvalue weighted by atomic mass is 9.54. The fraction of sp³-hybridized carbons (Fsp3) is 0.571. The van der Waals surface area contributed by atoms with E-state index in [1.165, 1.54) is 29.5 Å². The van der Waals surface area contributed by atoms with Crippen LogP contribution in [0, 0.1) is 11.8 Å².